The molecule has 0 saturated carbocycles. The standard InChI is InChI=1S/C14H16N2O2/c1-2-11(17)6-5-9-16-13-8-4-3-7-12(13)14(18)10-15-16/h3-4,7-8,10H,2,5-6,9H2,1H3. The van der Waals surface area contributed by atoms with Crippen molar-refractivity contribution in [3.63, 3.8) is 0 Å². The number of ketones is 1. The molecular weight excluding hydrogens is 228 g/mol. The Morgan fingerprint density at radius 3 is 2.89 bits per heavy atom. The topological polar surface area (TPSA) is 52.0 Å². The number of para-hydroxylation sites is 1. The third-order valence-corrected chi connectivity index (χ3v) is 2.98. The normalized spacial score (nSPS) is 10.7. The van der Waals surface area contributed by atoms with E-state index in [-0.39, 0.29) is 11.2 Å². The molecule has 0 bridgehead atoms. The molecule has 0 radical (unpaired) electrons. The molecule has 0 amide bonds. The van der Waals surface area contributed by atoms with E-state index in [0.29, 0.717) is 24.8 Å². The minimum atomic E-state index is -0.0634. The van der Waals surface area contributed by atoms with Crippen LogP contribution in [0.3, 0.4) is 0 Å². The van der Waals surface area contributed by atoms with Crippen LogP contribution in [0.25, 0.3) is 10.9 Å². The highest BCUT2D eigenvalue weighted by Crippen LogP contribution is 2.09. The number of carbonyl (C=O) groups excluding carboxylic acids is 1. The Morgan fingerprint density at radius 1 is 1.33 bits per heavy atom. The molecular formula is C14H16N2O2. The third-order valence-electron chi connectivity index (χ3n) is 2.98. The first kappa shape index (κ1) is 12.5. The molecule has 0 aliphatic rings. The van der Waals surface area contributed by atoms with Crippen LogP contribution in [0.4, 0.5) is 0 Å². The van der Waals surface area contributed by atoms with Crippen LogP contribution in [0.1, 0.15) is 26.2 Å². The summed E-state index contributed by atoms with van der Waals surface area (Å²) in [7, 11) is 0. The molecule has 0 aliphatic heterocycles. The van der Waals surface area contributed by atoms with Crippen molar-refractivity contribution < 1.29 is 4.79 Å². The zero-order valence-corrected chi connectivity index (χ0v) is 10.4. The Hall–Kier alpha value is -1.97. The number of carbonyl (C=O) groups is 1. The number of benzene rings is 1. The van der Waals surface area contributed by atoms with Gasteiger partial charge in [0.05, 0.1) is 11.7 Å². The zero-order chi connectivity index (χ0) is 13.0. The van der Waals surface area contributed by atoms with Gasteiger partial charge in [0, 0.05) is 24.8 Å². The van der Waals surface area contributed by atoms with Crippen molar-refractivity contribution in [2.45, 2.75) is 32.7 Å². The average Bonchev–Trinajstić information content (AvgIpc) is 2.41. The van der Waals surface area contributed by atoms with Gasteiger partial charge in [-0.3, -0.25) is 14.3 Å². The monoisotopic (exact) mass is 244 g/mol. The fraction of sp³-hybridized carbons (Fsp3) is 0.357. The maximum atomic E-state index is 11.6. The van der Waals surface area contributed by atoms with E-state index in [0.717, 1.165) is 11.9 Å². The predicted molar refractivity (Wildman–Crippen MR) is 70.5 cm³/mol. The van der Waals surface area contributed by atoms with Crippen LogP contribution in [-0.4, -0.2) is 15.6 Å². The molecule has 4 heteroatoms. The van der Waals surface area contributed by atoms with E-state index in [9.17, 15) is 9.59 Å². The van der Waals surface area contributed by atoms with Crippen molar-refractivity contribution in [2.24, 2.45) is 0 Å². The summed E-state index contributed by atoms with van der Waals surface area (Å²) >= 11 is 0. The average molecular weight is 244 g/mol. The molecule has 94 valence electrons. The molecule has 4 nitrogen and oxygen atoms in total. The SMILES string of the molecule is CCC(=O)CCCn1ncc(=O)c2ccccc21. The first-order valence-electron chi connectivity index (χ1n) is 6.19. The van der Waals surface area contributed by atoms with Gasteiger partial charge in [0.2, 0.25) is 5.43 Å². The van der Waals surface area contributed by atoms with Crippen LogP contribution >= 0.6 is 0 Å². The van der Waals surface area contributed by atoms with Crippen molar-refractivity contribution in [3.8, 4) is 0 Å². The Kier molecular flexibility index (Phi) is 3.87. The van der Waals surface area contributed by atoms with Crippen LogP contribution < -0.4 is 5.43 Å². The van der Waals surface area contributed by atoms with E-state index in [1.165, 1.54) is 6.20 Å². The van der Waals surface area contributed by atoms with Gasteiger partial charge in [-0.25, -0.2) is 0 Å². The third kappa shape index (κ3) is 2.64. The molecule has 0 unspecified atom stereocenters. The van der Waals surface area contributed by atoms with Gasteiger partial charge < -0.3 is 0 Å². The molecule has 1 heterocycles. The fourth-order valence-corrected chi connectivity index (χ4v) is 1.94. The number of Topliss-reactive ketones (excluding diaryl/α,β-unsaturated/α-hetero) is 1. The molecule has 0 saturated heterocycles. The molecule has 1 aromatic heterocycles. The van der Waals surface area contributed by atoms with Crippen molar-refractivity contribution in [3.05, 3.63) is 40.7 Å². The van der Waals surface area contributed by atoms with Crippen molar-refractivity contribution in [2.75, 3.05) is 0 Å². The van der Waals surface area contributed by atoms with Crippen LogP contribution in [-0.2, 0) is 11.3 Å². The van der Waals surface area contributed by atoms with Crippen LogP contribution in [0, 0.1) is 0 Å². The van der Waals surface area contributed by atoms with Gasteiger partial charge in [0.25, 0.3) is 0 Å². The Bertz CT molecular complexity index is 616. The summed E-state index contributed by atoms with van der Waals surface area (Å²) in [5.41, 5.74) is 0.764. The van der Waals surface area contributed by atoms with Crippen molar-refractivity contribution in [1.29, 1.82) is 0 Å². The molecule has 0 fully saturated rings. The second-order valence-electron chi connectivity index (χ2n) is 4.24. The highest BCUT2D eigenvalue weighted by atomic mass is 16.1. The highest BCUT2D eigenvalue weighted by molar-refractivity contribution is 5.78. The summed E-state index contributed by atoms with van der Waals surface area (Å²) in [5, 5.41) is 4.80. The zero-order valence-electron chi connectivity index (χ0n) is 10.4. The Balaban J connectivity index is 2.21. The van der Waals surface area contributed by atoms with E-state index in [4.69, 9.17) is 0 Å². The van der Waals surface area contributed by atoms with E-state index in [1.54, 1.807) is 10.7 Å². The summed E-state index contributed by atoms with van der Waals surface area (Å²) in [6, 6.07) is 7.41. The molecule has 1 aromatic carbocycles. The smallest absolute Gasteiger partial charge is 0.207 e. The molecule has 0 atom stereocenters. The maximum absolute atomic E-state index is 11.6. The van der Waals surface area contributed by atoms with Crippen LogP contribution in [0.5, 0.6) is 0 Å². The lowest BCUT2D eigenvalue weighted by Gasteiger charge is -2.08. The lowest BCUT2D eigenvalue weighted by molar-refractivity contribution is -0.118. The number of aromatic nitrogens is 2. The number of hydrogen-bond acceptors (Lipinski definition) is 3. The molecule has 0 aliphatic carbocycles. The van der Waals surface area contributed by atoms with Gasteiger partial charge in [-0.1, -0.05) is 19.1 Å². The molecule has 2 rings (SSSR count). The van der Waals surface area contributed by atoms with Gasteiger partial charge in [-0.2, -0.15) is 5.10 Å². The van der Waals surface area contributed by atoms with Crippen molar-refractivity contribution >= 4 is 16.7 Å². The summed E-state index contributed by atoms with van der Waals surface area (Å²) < 4.78 is 1.79. The Labute approximate surface area is 105 Å². The number of aryl methyl sites for hydroxylation is 1. The number of fused-ring (bicyclic) bond motifs is 1. The van der Waals surface area contributed by atoms with Gasteiger partial charge in [0.1, 0.15) is 5.78 Å². The number of hydrogen-bond donors (Lipinski definition) is 0. The maximum Gasteiger partial charge on any atom is 0.207 e. The predicted octanol–water partition coefficient (Wildman–Crippen LogP) is 2.16. The molecule has 18 heavy (non-hydrogen) atoms. The van der Waals surface area contributed by atoms with E-state index in [2.05, 4.69) is 5.10 Å². The number of nitrogens with zero attached hydrogens (tertiary/aromatic N) is 2. The highest BCUT2D eigenvalue weighted by Gasteiger charge is 2.04. The van der Waals surface area contributed by atoms with Gasteiger partial charge >= 0.3 is 0 Å². The minimum absolute atomic E-state index is 0.0634. The summed E-state index contributed by atoms with van der Waals surface area (Å²) in [6.07, 6.45) is 3.24. The second kappa shape index (κ2) is 5.58. The van der Waals surface area contributed by atoms with Crippen molar-refractivity contribution in [1.82, 2.24) is 9.78 Å². The lowest BCUT2D eigenvalue weighted by atomic mass is 10.2. The summed E-state index contributed by atoms with van der Waals surface area (Å²) in [5.74, 6) is 0.264. The molecule has 0 N–H and O–H groups in total. The van der Waals surface area contributed by atoms with E-state index < -0.39 is 0 Å². The van der Waals surface area contributed by atoms with E-state index >= 15 is 0 Å². The number of rotatable bonds is 5. The lowest BCUT2D eigenvalue weighted by Crippen LogP contribution is -2.13. The minimum Gasteiger partial charge on any atom is -0.300 e. The van der Waals surface area contributed by atoms with Crippen LogP contribution in [0.15, 0.2) is 35.3 Å². The second-order valence-corrected chi connectivity index (χ2v) is 4.24. The Morgan fingerprint density at radius 2 is 2.11 bits per heavy atom. The quantitative estimate of drug-likeness (QED) is 0.809. The van der Waals surface area contributed by atoms with Gasteiger partial charge in [-0.15, -0.1) is 0 Å². The molecule has 0 spiro atoms. The van der Waals surface area contributed by atoms with Crippen LogP contribution in [0.2, 0.25) is 0 Å². The fourth-order valence-electron chi connectivity index (χ4n) is 1.94. The summed E-state index contributed by atoms with van der Waals surface area (Å²) in [4.78, 5) is 22.9. The first-order chi connectivity index (χ1) is 8.72. The van der Waals surface area contributed by atoms with Gasteiger partial charge in [0.15, 0.2) is 0 Å². The largest absolute Gasteiger partial charge is 0.300 e. The van der Waals surface area contributed by atoms with Gasteiger partial charge in [-0.05, 0) is 18.6 Å². The van der Waals surface area contributed by atoms with E-state index in [1.807, 2.05) is 25.1 Å². The first-order valence-corrected chi connectivity index (χ1v) is 6.19. The summed E-state index contributed by atoms with van der Waals surface area (Å²) in [6.45, 7) is 2.53. The molecule has 2 aromatic rings.